The Labute approximate surface area is 137 Å². The van der Waals surface area contributed by atoms with E-state index in [1.807, 2.05) is 24.5 Å². The van der Waals surface area contributed by atoms with Gasteiger partial charge in [-0.3, -0.25) is 0 Å². The lowest BCUT2D eigenvalue weighted by Crippen LogP contribution is -2.26. The van der Waals surface area contributed by atoms with Gasteiger partial charge in [-0.05, 0) is 12.8 Å². The predicted octanol–water partition coefficient (Wildman–Crippen LogP) is 2.76. The first-order valence-corrected chi connectivity index (χ1v) is 9.99. The number of nitrogens with zero attached hydrogens (tertiary/aromatic N) is 2. The van der Waals surface area contributed by atoms with Crippen molar-refractivity contribution in [2.24, 2.45) is 0 Å². The number of nitrogens with one attached hydrogen (secondary N) is 1. The molecule has 1 N–H and O–H groups in total. The second kappa shape index (κ2) is 6.84. The second-order valence-electron chi connectivity index (χ2n) is 6.19. The zero-order valence-corrected chi connectivity index (χ0v) is 14.2. The van der Waals surface area contributed by atoms with E-state index in [9.17, 15) is 8.42 Å². The van der Waals surface area contributed by atoms with Crippen LogP contribution in [0.4, 0.5) is 0 Å². The van der Waals surface area contributed by atoms with E-state index in [1.165, 1.54) is 37.6 Å². The molecule has 0 atom stereocenters. The molecule has 0 spiro atoms. The topological polar surface area (TPSA) is 64.0 Å². The zero-order chi connectivity index (χ0) is 16.3. The van der Waals surface area contributed by atoms with Gasteiger partial charge in [0.15, 0.2) is 0 Å². The molecule has 0 aliphatic heterocycles. The molecule has 0 radical (unpaired) electrons. The number of hydrogen-bond acceptors (Lipinski definition) is 3. The van der Waals surface area contributed by atoms with E-state index in [2.05, 4.69) is 26.4 Å². The molecule has 1 fully saturated rings. The Kier molecular flexibility index (Phi) is 4.82. The first kappa shape index (κ1) is 16.2. The average molecular weight is 333 g/mol. The zero-order valence-electron chi connectivity index (χ0n) is 13.4. The Bertz CT molecular complexity index is 747. The molecule has 0 saturated heterocycles. The Balaban J connectivity index is 1.88. The predicted molar refractivity (Wildman–Crippen MR) is 91.7 cm³/mol. The highest BCUT2D eigenvalue weighted by molar-refractivity contribution is 7.88. The smallest absolute Gasteiger partial charge is 0.208 e. The number of benzene rings is 1. The lowest BCUT2D eigenvalue weighted by atomic mass is 9.98. The molecule has 1 aromatic carbocycles. The summed E-state index contributed by atoms with van der Waals surface area (Å²) in [7, 11) is -3.16. The number of sulfonamides is 1. The number of imidazole rings is 1. The van der Waals surface area contributed by atoms with Gasteiger partial charge in [-0.2, -0.15) is 0 Å². The minimum atomic E-state index is -3.16. The van der Waals surface area contributed by atoms with Crippen molar-refractivity contribution in [3.8, 4) is 11.3 Å². The van der Waals surface area contributed by atoms with Crippen LogP contribution in [0.25, 0.3) is 11.3 Å². The van der Waals surface area contributed by atoms with Gasteiger partial charge in [0.1, 0.15) is 0 Å². The molecule has 1 heterocycles. The molecule has 5 nitrogen and oxygen atoms in total. The highest BCUT2D eigenvalue weighted by Crippen LogP contribution is 2.38. The van der Waals surface area contributed by atoms with Crippen LogP contribution in [0.2, 0.25) is 0 Å². The Morgan fingerprint density at radius 1 is 1.22 bits per heavy atom. The normalized spacial score (nSPS) is 16.0. The van der Waals surface area contributed by atoms with Crippen LogP contribution in [0.15, 0.2) is 36.7 Å². The van der Waals surface area contributed by atoms with Gasteiger partial charge < -0.3 is 4.57 Å². The maximum atomic E-state index is 11.3. The van der Waals surface area contributed by atoms with Gasteiger partial charge in [-0.1, -0.05) is 43.2 Å². The molecule has 6 heteroatoms. The summed E-state index contributed by atoms with van der Waals surface area (Å²) in [5.41, 5.74) is 3.42. The highest BCUT2D eigenvalue weighted by Gasteiger charge is 2.25. The summed E-state index contributed by atoms with van der Waals surface area (Å²) in [6.07, 6.45) is 7.92. The maximum absolute atomic E-state index is 11.3. The maximum Gasteiger partial charge on any atom is 0.208 e. The van der Waals surface area contributed by atoms with Crippen LogP contribution in [0, 0.1) is 0 Å². The van der Waals surface area contributed by atoms with Crippen molar-refractivity contribution >= 4 is 10.0 Å². The van der Waals surface area contributed by atoms with Crippen molar-refractivity contribution in [1.29, 1.82) is 0 Å². The van der Waals surface area contributed by atoms with Gasteiger partial charge in [-0.15, -0.1) is 0 Å². The fraction of sp³-hybridized carbons (Fsp3) is 0.471. The highest BCUT2D eigenvalue weighted by atomic mass is 32.2. The molecule has 1 aliphatic carbocycles. The van der Waals surface area contributed by atoms with Crippen molar-refractivity contribution in [3.05, 3.63) is 42.4 Å². The number of hydrogen-bond donors (Lipinski definition) is 1. The Hall–Kier alpha value is -1.66. The third-order valence-electron chi connectivity index (χ3n) is 4.38. The molecule has 3 rings (SSSR count). The summed E-state index contributed by atoms with van der Waals surface area (Å²) in [5, 5.41) is 0. The second-order valence-corrected chi connectivity index (χ2v) is 8.02. The van der Waals surface area contributed by atoms with Crippen LogP contribution >= 0.6 is 0 Å². The van der Waals surface area contributed by atoms with E-state index < -0.39 is 10.0 Å². The molecule has 0 bridgehead atoms. The van der Waals surface area contributed by atoms with Gasteiger partial charge in [0.25, 0.3) is 0 Å². The lowest BCUT2D eigenvalue weighted by molar-refractivity contribution is 0.565. The largest absolute Gasteiger partial charge is 0.332 e. The minimum absolute atomic E-state index is 0.392. The van der Waals surface area contributed by atoms with Crippen molar-refractivity contribution in [3.63, 3.8) is 0 Å². The van der Waals surface area contributed by atoms with Crippen LogP contribution in [0.5, 0.6) is 0 Å². The molecule has 124 valence electrons. The Morgan fingerprint density at radius 2 is 1.91 bits per heavy atom. The van der Waals surface area contributed by atoms with Crippen molar-refractivity contribution in [2.75, 3.05) is 12.8 Å². The summed E-state index contributed by atoms with van der Waals surface area (Å²) < 4.78 is 27.2. The van der Waals surface area contributed by atoms with Gasteiger partial charge in [0, 0.05) is 30.3 Å². The molecule has 1 aliphatic rings. The van der Waals surface area contributed by atoms with Gasteiger partial charge in [0.05, 0.1) is 18.3 Å². The van der Waals surface area contributed by atoms with E-state index in [0.29, 0.717) is 19.0 Å². The minimum Gasteiger partial charge on any atom is -0.332 e. The lowest BCUT2D eigenvalue weighted by Gasteiger charge is -2.16. The third-order valence-corrected chi connectivity index (χ3v) is 5.11. The van der Waals surface area contributed by atoms with Crippen LogP contribution < -0.4 is 4.72 Å². The molecule has 1 aromatic heterocycles. The van der Waals surface area contributed by atoms with Crippen LogP contribution in [0.1, 0.15) is 37.3 Å². The molecule has 0 amide bonds. The molecular weight excluding hydrogens is 310 g/mol. The first-order chi connectivity index (χ1) is 11.0. The molecule has 23 heavy (non-hydrogen) atoms. The van der Waals surface area contributed by atoms with Gasteiger partial charge in [-0.25, -0.2) is 18.1 Å². The van der Waals surface area contributed by atoms with Crippen LogP contribution in [-0.2, 0) is 16.6 Å². The molecule has 2 aromatic rings. The van der Waals surface area contributed by atoms with Crippen molar-refractivity contribution in [2.45, 2.75) is 38.1 Å². The fourth-order valence-electron chi connectivity index (χ4n) is 3.37. The summed E-state index contributed by atoms with van der Waals surface area (Å²) in [4.78, 5) is 4.63. The average Bonchev–Trinajstić information content (AvgIpc) is 3.15. The van der Waals surface area contributed by atoms with Crippen molar-refractivity contribution in [1.82, 2.24) is 14.3 Å². The first-order valence-electron chi connectivity index (χ1n) is 8.09. The van der Waals surface area contributed by atoms with Gasteiger partial charge in [0.2, 0.25) is 10.0 Å². The van der Waals surface area contributed by atoms with E-state index in [0.717, 1.165) is 11.3 Å². The summed E-state index contributed by atoms with van der Waals surface area (Å²) in [6, 6.07) is 10.2. The molecular formula is C17H23N3O2S. The molecule has 0 unspecified atom stereocenters. The fourth-order valence-corrected chi connectivity index (χ4v) is 3.83. The van der Waals surface area contributed by atoms with Crippen molar-refractivity contribution < 1.29 is 8.42 Å². The van der Waals surface area contributed by atoms with Crippen LogP contribution in [-0.4, -0.2) is 30.8 Å². The van der Waals surface area contributed by atoms with E-state index >= 15 is 0 Å². The van der Waals surface area contributed by atoms with E-state index in [4.69, 9.17) is 0 Å². The number of rotatable bonds is 6. The summed E-state index contributed by atoms with van der Waals surface area (Å²) >= 11 is 0. The summed E-state index contributed by atoms with van der Waals surface area (Å²) in [6.45, 7) is 1.00. The standard InChI is InChI=1S/C17H23N3O2S/c1-23(21,22)19-11-12-20-13-18-16(14-7-3-2-4-8-14)17(20)15-9-5-6-10-15/h2-4,7-8,13,15,19H,5-6,9-12H2,1H3. The van der Waals surface area contributed by atoms with Gasteiger partial charge >= 0.3 is 0 Å². The monoisotopic (exact) mass is 333 g/mol. The van der Waals surface area contributed by atoms with E-state index in [1.54, 1.807) is 0 Å². The number of aromatic nitrogens is 2. The SMILES string of the molecule is CS(=O)(=O)NCCn1cnc(-c2ccccc2)c1C1CCCC1. The summed E-state index contributed by atoms with van der Waals surface area (Å²) in [5.74, 6) is 0.519. The Morgan fingerprint density at radius 3 is 2.57 bits per heavy atom. The molecule has 1 saturated carbocycles. The van der Waals surface area contributed by atoms with Crippen LogP contribution in [0.3, 0.4) is 0 Å². The van der Waals surface area contributed by atoms with E-state index in [-0.39, 0.29) is 0 Å². The quantitative estimate of drug-likeness (QED) is 0.884. The third kappa shape index (κ3) is 4.00.